The summed E-state index contributed by atoms with van der Waals surface area (Å²) < 4.78 is 92.4. The first-order valence-electron chi connectivity index (χ1n) is 8.14. The Labute approximate surface area is 157 Å². The molecule has 1 aliphatic heterocycles. The third-order valence-electron chi connectivity index (χ3n) is 5.30. The van der Waals surface area contributed by atoms with Gasteiger partial charge >= 0.3 is 35.7 Å². The summed E-state index contributed by atoms with van der Waals surface area (Å²) in [6.45, 7) is -1.64. The SMILES string of the molecule is O=C(COC(=O)C(F)(F)C(F)(F)C(F)(F)C(=O)[O-])OC1C2CC3C(=O)OC1C3C2. The summed E-state index contributed by atoms with van der Waals surface area (Å²) in [5.74, 6) is -29.2. The molecule has 2 bridgehead atoms. The lowest BCUT2D eigenvalue weighted by Gasteiger charge is -2.31. The Hall–Kier alpha value is -2.54. The van der Waals surface area contributed by atoms with Crippen LogP contribution in [0.1, 0.15) is 12.8 Å². The van der Waals surface area contributed by atoms with Gasteiger partial charge in [-0.2, -0.15) is 26.3 Å². The maximum absolute atomic E-state index is 13.4. The Morgan fingerprint density at radius 1 is 1.07 bits per heavy atom. The average molecular weight is 433 g/mol. The highest BCUT2D eigenvalue weighted by Gasteiger charge is 2.76. The molecule has 5 unspecified atom stereocenters. The number of hydrogen-bond donors (Lipinski definition) is 0. The lowest BCUT2D eigenvalue weighted by atomic mass is 9.88. The van der Waals surface area contributed by atoms with Crippen molar-refractivity contribution in [2.45, 2.75) is 42.8 Å². The second-order valence-electron chi connectivity index (χ2n) is 6.94. The van der Waals surface area contributed by atoms with Crippen molar-refractivity contribution < 1.29 is 64.8 Å². The van der Waals surface area contributed by atoms with Crippen LogP contribution in [0, 0.1) is 17.8 Å². The molecule has 0 spiro atoms. The summed E-state index contributed by atoms with van der Waals surface area (Å²) in [7, 11) is 0. The summed E-state index contributed by atoms with van der Waals surface area (Å²) in [5, 5.41) is 10.0. The fourth-order valence-electron chi connectivity index (χ4n) is 3.92. The molecule has 162 valence electrons. The zero-order valence-corrected chi connectivity index (χ0v) is 14.0. The van der Waals surface area contributed by atoms with Crippen molar-refractivity contribution in [3.05, 3.63) is 0 Å². The molecule has 3 rings (SSSR count). The average Bonchev–Trinajstić information content (AvgIpc) is 3.24. The van der Waals surface area contributed by atoms with Crippen LogP contribution in [0.25, 0.3) is 0 Å². The maximum atomic E-state index is 13.4. The largest absolute Gasteiger partial charge is 0.544 e. The molecule has 0 N–H and O–H groups in total. The number of carbonyl (C=O) groups excluding carboxylic acids is 4. The van der Waals surface area contributed by atoms with Crippen molar-refractivity contribution in [3.8, 4) is 0 Å². The summed E-state index contributed by atoms with van der Waals surface area (Å²) in [5.41, 5.74) is 0. The molecule has 8 nitrogen and oxygen atoms in total. The van der Waals surface area contributed by atoms with Gasteiger partial charge < -0.3 is 24.1 Å². The van der Waals surface area contributed by atoms with E-state index in [0.29, 0.717) is 12.8 Å². The van der Waals surface area contributed by atoms with Crippen molar-refractivity contribution >= 4 is 23.9 Å². The van der Waals surface area contributed by atoms with Crippen LogP contribution in [0.15, 0.2) is 0 Å². The molecule has 0 aromatic heterocycles. The van der Waals surface area contributed by atoms with Crippen LogP contribution < -0.4 is 5.11 Å². The quantitative estimate of drug-likeness (QED) is 0.305. The minimum absolute atomic E-state index is 0.192. The molecule has 29 heavy (non-hydrogen) atoms. The first-order valence-corrected chi connectivity index (χ1v) is 8.14. The van der Waals surface area contributed by atoms with Gasteiger partial charge in [-0.1, -0.05) is 0 Å². The van der Waals surface area contributed by atoms with Gasteiger partial charge in [0.2, 0.25) is 0 Å². The van der Waals surface area contributed by atoms with Crippen molar-refractivity contribution in [2.24, 2.45) is 17.8 Å². The fourth-order valence-corrected chi connectivity index (χ4v) is 3.92. The van der Waals surface area contributed by atoms with E-state index in [2.05, 4.69) is 4.74 Å². The van der Waals surface area contributed by atoms with Gasteiger partial charge in [0.1, 0.15) is 18.2 Å². The fraction of sp³-hybridized carbons (Fsp3) is 0.733. The Bertz CT molecular complexity index is 768. The zero-order valence-electron chi connectivity index (χ0n) is 14.0. The van der Waals surface area contributed by atoms with E-state index in [1.807, 2.05) is 0 Å². The van der Waals surface area contributed by atoms with Crippen LogP contribution in [-0.4, -0.2) is 60.5 Å². The topological polar surface area (TPSA) is 119 Å². The summed E-state index contributed by atoms with van der Waals surface area (Å²) in [6.07, 6.45) is -0.849. The van der Waals surface area contributed by atoms with Crippen LogP contribution in [0.2, 0.25) is 0 Å². The molecule has 0 radical (unpaired) electrons. The number of halogens is 6. The standard InChI is InChI=1S/C15H12F6O8/c16-13(17,11(24)25)15(20,21)14(18,19)12(26)27-3-7(22)28-8-4-1-5-6(2-4)10(23)29-9(5)8/h4-6,8-9H,1-3H2,(H,24,25)/p-1. The van der Waals surface area contributed by atoms with E-state index in [0.717, 1.165) is 0 Å². The van der Waals surface area contributed by atoms with E-state index >= 15 is 0 Å². The molecule has 1 saturated heterocycles. The predicted octanol–water partition coefficient (Wildman–Crippen LogP) is -0.321. The van der Waals surface area contributed by atoms with Crippen LogP contribution in [-0.2, 0) is 33.4 Å². The van der Waals surface area contributed by atoms with Crippen LogP contribution in [0.5, 0.6) is 0 Å². The number of rotatable bonds is 7. The van der Waals surface area contributed by atoms with Gasteiger partial charge in [-0.3, -0.25) is 4.79 Å². The summed E-state index contributed by atoms with van der Waals surface area (Å²) in [6, 6.07) is 0. The number of aliphatic carboxylic acids is 1. The number of alkyl halides is 6. The molecule has 2 aliphatic carbocycles. The van der Waals surface area contributed by atoms with Crippen molar-refractivity contribution in [3.63, 3.8) is 0 Å². The second kappa shape index (κ2) is 6.49. The number of esters is 3. The van der Waals surface area contributed by atoms with E-state index in [1.54, 1.807) is 0 Å². The molecule has 14 heteroatoms. The molecule has 3 aliphatic rings. The Morgan fingerprint density at radius 3 is 2.28 bits per heavy atom. The van der Waals surface area contributed by atoms with Gasteiger partial charge in [0.25, 0.3) is 0 Å². The maximum Gasteiger partial charge on any atom is 0.411 e. The molecule has 3 fully saturated rings. The van der Waals surface area contributed by atoms with Crippen LogP contribution in [0.4, 0.5) is 26.3 Å². The lowest BCUT2D eigenvalue weighted by Crippen LogP contribution is -2.64. The Morgan fingerprint density at radius 2 is 1.69 bits per heavy atom. The number of fused-ring (bicyclic) bond motifs is 1. The third kappa shape index (κ3) is 2.99. The summed E-state index contributed by atoms with van der Waals surface area (Å²) in [4.78, 5) is 44.4. The second-order valence-corrected chi connectivity index (χ2v) is 6.94. The Balaban J connectivity index is 1.58. The van der Waals surface area contributed by atoms with Gasteiger partial charge in [0, 0.05) is 11.8 Å². The third-order valence-corrected chi connectivity index (χ3v) is 5.30. The first kappa shape index (κ1) is 21.2. The lowest BCUT2D eigenvalue weighted by molar-refractivity contribution is -0.366. The minimum Gasteiger partial charge on any atom is -0.544 e. The predicted molar refractivity (Wildman–Crippen MR) is 70.3 cm³/mol. The number of ether oxygens (including phenoxy) is 3. The van der Waals surface area contributed by atoms with Gasteiger partial charge in [-0.25, -0.2) is 9.59 Å². The van der Waals surface area contributed by atoms with Crippen molar-refractivity contribution in [1.29, 1.82) is 0 Å². The summed E-state index contributed by atoms with van der Waals surface area (Å²) >= 11 is 0. The highest BCUT2D eigenvalue weighted by atomic mass is 19.3. The normalized spacial score (nSPS) is 30.8. The highest BCUT2D eigenvalue weighted by molar-refractivity contribution is 5.85. The van der Waals surface area contributed by atoms with Crippen molar-refractivity contribution in [1.82, 2.24) is 0 Å². The highest BCUT2D eigenvalue weighted by Crippen LogP contribution is 2.55. The van der Waals surface area contributed by atoms with Gasteiger partial charge in [0.15, 0.2) is 6.61 Å². The van der Waals surface area contributed by atoms with E-state index < -0.39 is 60.5 Å². The monoisotopic (exact) mass is 433 g/mol. The molecular weight excluding hydrogens is 422 g/mol. The number of carboxylic acids is 1. The van der Waals surface area contributed by atoms with Crippen molar-refractivity contribution in [2.75, 3.05) is 6.61 Å². The minimum atomic E-state index is -6.70. The number of hydrogen-bond acceptors (Lipinski definition) is 8. The molecule has 2 saturated carbocycles. The molecule has 0 aromatic rings. The Kier molecular flexibility index (Phi) is 4.74. The number of carbonyl (C=O) groups is 4. The molecule has 5 atom stereocenters. The van der Waals surface area contributed by atoms with Gasteiger partial charge in [0.05, 0.1) is 5.92 Å². The zero-order chi connectivity index (χ0) is 21.9. The molecular formula is C15H11F6O8-. The van der Waals surface area contributed by atoms with E-state index in [9.17, 15) is 50.6 Å². The molecule has 0 amide bonds. The van der Waals surface area contributed by atoms with Gasteiger partial charge in [-0.05, 0) is 12.8 Å². The van der Waals surface area contributed by atoms with Crippen LogP contribution >= 0.6 is 0 Å². The number of carboxylic acid groups (broad SMARTS) is 1. The van der Waals surface area contributed by atoms with Gasteiger partial charge in [-0.15, -0.1) is 0 Å². The molecule has 0 aromatic carbocycles. The van der Waals surface area contributed by atoms with E-state index in [1.165, 1.54) is 0 Å². The van der Waals surface area contributed by atoms with E-state index in [4.69, 9.17) is 9.47 Å². The first-order chi connectivity index (χ1) is 13.2. The smallest absolute Gasteiger partial charge is 0.411 e. The van der Waals surface area contributed by atoms with E-state index in [-0.39, 0.29) is 17.8 Å². The molecule has 1 heterocycles. The van der Waals surface area contributed by atoms with Crippen LogP contribution in [0.3, 0.4) is 0 Å².